The molecular weight excluding hydrogens is 284 g/mol. The summed E-state index contributed by atoms with van der Waals surface area (Å²) in [5.74, 6) is 0.266. The fraction of sp³-hybridized carbons (Fsp3) is 0.875. The lowest BCUT2D eigenvalue weighted by Gasteiger charge is -2.40. The second-order valence-corrected chi connectivity index (χ2v) is 7.90. The third-order valence-electron chi connectivity index (χ3n) is 5.46. The number of carbonyl (C=O) groups is 2. The number of thioether (sulfide) groups is 1. The van der Waals surface area contributed by atoms with Gasteiger partial charge in [0.25, 0.3) is 0 Å². The molecule has 1 N–H and O–H groups in total. The van der Waals surface area contributed by atoms with Crippen LogP contribution in [0.15, 0.2) is 0 Å². The highest BCUT2D eigenvalue weighted by Gasteiger charge is 2.48. The van der Waals surface area contributed by atoms with E-state index in [4.69, 9.17) is 0 Å². The Morgan fingerprint density at radius 1 is 1.19 bits per heavy atom. The van der Waals surface area contributed by atoms with Crippen molar-refractivity contribution in [3.05, 3.63) is 0 Å². The van der Waals surface area contributed by atoms with Gasteiger partial charge in [-0.05, 0) is 38.4 Å². The lowest BCUT2D eigenvalue weighted by Crippen LogP contribution is -2.57. The number of carbonyl (C=O) groups excluding carboxylic acids is 2. The van der Waals surface area contributed by atoms with Crippen LogP contribution in [0.5, 0.6) is 0 Å². The molecule has 2 saturated carbocycles. The predicted octanol–water partition coefficient (Wildman–Crippen LogP) is 2.32. The Morgan fingerprint density at radius 2 is 1.95 bits per heavy atom. The molecule has 3 rings (SSSR count). The van der Waals surface area contributed by atoms with E-state index in [9.17, 15) is 9.59 Å². The normalized spacial score (nSPS) is 33.1. The van der Waals surface area contributed by atoms with Crippen molar-refractivity contribution in [3.63, 3.8) is 0 Å². The number of amides is 2. The molecule has 2 aliphatic carbocycles. The van der Waals surface area contributed by atoms with Crippen molar-refractivity contribution in [2.75, 3.05) is 12.8 Å². The maximum Gasteiger partial charge on any atom is 0.248 e. The zero-order chi connectivity index (χ0) is 14.9. The highest BCUT2D eigenvalue weighted by Crippen LogP contribution is 2.36. The summed E-state index contributed by atoms with van der Waals surface area (Å²) in [5.41, 5.74) is -0.570. The van der Waals surface area contributed by atoms with E-state index < -0.39 is 5.54 Å². The second-order valence-electron chi connectivity index (χ2n) is 6.76. The summed E-state index contributed by atoms with van der Waals surface area (Å²) in [5, 5.41) is 3.73. The van der Waals surface area contributed by atoms with Gasteiger partial charge in [-0.25, -0.2) is 0 Å². The van der Waals surface area contributed by atoms with Crippen LogP contribution in [-0.2, 0) is 9.59 Å². The molecule has 4 nitrogen and oxygen atoms in total. The van der Waals surface area contributed by atoms with Gasteiger partial charge in [0.1, 0.15) is 5.54 Å². The monoisotopic (exact) mass is 310 g/mol. The van der Waals surface area contributed by atoms with Gasteiger partial charge in [-0.15, -0.1) is 0 Å². The molecule has 2 atom stereocenters. The fourth-order valence-corrected chi connectivity index (χ4v) is 5.08. The zero-order valence-corrected chi connectivity index (χ0v) is 13.7. The summed E-state index contributed by atoms with van der Waals surface area (Å²) < 4.78 is 0. The van der Waals surface area contributed by atoms with Crippen molar-refractivity contribution in [2.24, 2.45) is 0 Å². The first-order chi connectivity index (χ1) is 10.1. The molecule has 0 aromatic rings. The lowest BCUT2D eigenvalue weighted by molar-refractivity contribution is -0.141. The third kappa shape index (κ3) is 2.94. The number of hydrogen-bond acceptors (Lipinski definition) is 3. The molecule has 1 heterocycles. The zero-order valence-electron chi connectivity index (χ0n) is 12.9. The van der Waals surface area contributed by atoms with E-state index >= 15 is 0 Å². The molecule has 0 aromatic heterocycles. The SMILES string of the molecule is CSC1CCCC(N2CCC(=O)NC3(CCCC3)C2=O)C1. The number of nitrogens with zero attached hydrogens (tertiary/aromatic N) is 1. The molecule has 3 aliphatic rings. The number of rotatable bonds is 2. The van der Waals surface area contributed by atoms with E-state index in [1.165, 1.54) is 12.8 Å². The van der Waals surface area contributed by atoms with Gasteiger partial charge >= 0.3 is 0 Å². The minimum Gasteiger partial charge on any atom is -0.342 e. The van der Waals surface area contributed by atoms with E-state index in [0.717, 1.165) is 38.5 Å². The van der Waals surface area contributed by atoms with Crippen LogP contribution in [0.25, 0.3) is 0 Å². The maximum atomic E-state index is 13.1. The molecule has 2 amide bonds. The first-order valence-electron chi connectivity index (χ1n) is 8.29. The van der Waals surface area contributed by atoms with Crippen LogP contribution in [0.1, 0.15) is 57.8 Å². The standard InChI is InChI=1S/C16H26N2O2S/c1-21-13-6-4-5-12(11-13)18-10-7-14(19)17-16(15(18)20)8-2-3-9-16/h12-13H,2-11H2,1H3,(H,17,19). The second kappa shape index (κ2) is 6.19. The molecular formula is C16H26N2O2S. The number of nitrogens with one attached hydrogen (secondary N) is 1. The molecule has 118 valence electrons. The topological polar surface area (TPSA) is 49.4 Å². The van der Waals surface area contributed by atoms with Crippen LogP contribution in [-0.4, -0.2) is 46.3 Å². The molecule has 3 fully saturated rings. The maximum absolute atomic E-state index is 13.1. The predicted molar refractivity (Wildman–Crippen MR) is 85.2 cm³/mol. The third-order valence-corrected chi connectivity index (χ3v) is 6.55. The van der Waals surface area contributed by atoms with Crippen molar-refractivity contribution < 1.29 is 9.59 Å². The smallest absolute Gasteiger partial charge is 0.248 e. The van der Waals surface area contributed by atoms with Gasteiger partial charge in [0.15, 0.2) is 0 Å². The fourth-order valence-electron chi connectivity index (χ4n) is 4.26. The van der Waals surface area contributed by atoms with Crippen LogP contribution in [0, 0.1) is 0 Å². The van der Waals surface area contributed by atoms with Crippen molar-refractivity contribution in [2.45, 2.75) is 74.6 Å². The van der Waals surface area contributed by atoms with Gasteiger partial charge < -0.3 is 10.2 Å². The van der Waals surface area contributed by atoms with Crippen LogP contribution in [0.3, 0.4) is 0 Å². The quantitative estimate of drug-likeness (QED) is 0.851. The Bertz CT molecular complexity index is 421. The Morgan fingerprint density at radius 3 is 2.67 bits per heavy atom. The molecule has 1 spiro atoms. The molecule has 0 bridgehead atoms. The van der Waals surface area contributed by atoms with E-state index in [0.29, 0.717) is 24.3 Å². The van der Waals surface area contributed by atoms with Crippen LogP contribution in [0.2, 0.25) is 0 Å². The summed E-state index contributed by atoms with van der Waals surface area (Å²) in [6, 6.07) is 0.342. The van der Waals surface area contributed by atoms with Crippen molar-refractivity contribution in [3.8, 4) is 0 Å². The highest BCUT2D eigenvalue weighted by molar-refractivity contribution is 7.99. The summed E-state index contributed by atoms with van der Waals surface area (Å²) in [4.78, 5) is 27.2. The summed E-state index contributed by atoms with van der Waals surface area (Å²) in [6.07, 6.45) is 11.1. The van der Waals surface area contributed by atoms with Gasteiger partial charge in [-0.1, -0.05) is 19.3 Å². The summed E-state index contributed by atoms with van der Waals surface area (Å²) in [6.45, 7) is 0.609. The van der Waals surface area contributed by atoms with Crippen molar-refractivity contribution in [1.82, 2.24) is 10.2 Å². The summed E-state index contributed by atoms with van der Waals surface area (Å²) in [7, 11) is 0. The van der Waals surface area contributed by atoms with E-state index in [1.807, 2.05) is 11.8 Å². The average Bonchev–Trinajstić information content (AvgIpc) is 2.92. The van der Waals surface area contributed by atoms with Crippen LogP contribution < -0.4 is 5.32 Å². The molecule has 2 unspecified atom stereocenters. The minimum atomic E-state index is -0.570. The molecule has 0 aromatic carbocycles. The Balaban J connectivity index is 1.80. The minimum absolute atomic E-state index is 0.0602. The average molecular weight is 310 g/mol. The first kappa shape index (κ1) is 15.2. The Kier molecular flexibility index (Phi) is 4.48. The molecule has 21 heavy (non-hydrogen) atoms. The van der Waals surface area contributed by atoms with Gasteiger partial charge in [0, 0.05) is 24.3 Å². The highest BCUT2D eigenvalue weighted by atomic mass is 32.2. The van der Waals surface area contributed by atoms with Crippen molar-refractivity contribution in [1.29, 1.82) is 0 Å². The number of hydrogen-bond donors (Lipinski definition) is 1. The van der Waals surface area contributed by atoms with Gasteiger partial charge in [0.2, 0.25) is 11.8 Å². The Hall–Kier alpha value is -0.710. The van der Waals surface area contributed by atoms with E-state index in [1.54, 1.807) is 0 Å². The summed E-state index contributed by atoms with van der Waals surface area (Å²) >= 11 is 1.92. The Labute approximate surface area is 131 Å². The van der Waals surface area contributed by atoms with Gasteiger partial charge in [-0.3, -0.25) is 9.59 Å². The van der Waals surface area contributed by atoms with Gasteiger partial charge in [0.05, 0.1) is 0 Å². The molecule has 0 radical (unpaired) electrons. The van der Waals surface area contributed by atoms with Crippen LogP contribution in [0.4, 0.5) is 0 Å². The first-order valence-corrected chi connectivity index (χ1v) is 9.58. The molecule has 5 heteroatoms. The van der Waals surface area contributed by atoms with Crippen LogP contribution >= 0.6 is 11.8 Å². The molecule has 1 saturated heterocycles. The van der Waals surface area contributed by atoms with E-state index in [-0.39, 0.29) is 11.8 Å². The lowest BCUT2D eigenvalue weighted by atomic mass is 9.90. The van der Waals surface area contributed by atoms with Gasteiger partial charge in [-0.2, -0.15) is 11.8 Å². The molecule has 1 aliphatic heterocycles. The van der Waals surface area contributed by atoms with Crippen molar-refractivity contribution >= 4 is 23.6 Å². The largest absolute Gasteiger partial charge is 0.342 e. The van der Waals surface area contributed by atoms with E-state index in [2.05, 4.69) is 16.5 Å².